The Hall–Kier alpha value is -2.58. The monoisotopic (exact) mass is 379 g/mol. The number of phenolic OH excluding ortho intramolecular Hbond substituents is 1. The molecule has 1 saturated carbocycles. The van der Waals surface area contributed by atoms with Crippen LogP contribution in [0.2, 0.25) is 0 Å². The number of nitrogens with two attached hydrogens (primary N) is 1. The lowest BCUT2D eigenvalue weighted by Crippen LogP contribution is -2.18. The van der Waals surface area contributed by atoms with E-state index in [1.54, 1.807) is 12.1 Å². The van der Waals surface area contributed by atoms with Gasteiger partial charge in [0, 0.05) is 17.7 Å². The van der Waals surface area contributed by atoms with Crippen molar-refractivity contribution in [2.75, 3.05) is 5.73 Å². The Balaban J connectivity index is 1.65. The number of nitrogens with zero attached hydrogens (tertiary/aromatic N) is 4. The van der Waals surface area contributed by atoms with Crippen LogP contribution in [0.3, 0.4) is 0 Å². The lowest BCUT2D eigenvalue weighted by atomic mass is 9.79. The third-order valence-corrected chi connectivity index (χ3v) is 5.31. The van der Waals surface area contributed by atoms with E-state index < -0.39 is 12.6 Å². The van der Waals surface area contributed by atoms with Gasteiger partial charge in [0.25, 0.3) is 0 Å². The molecule has 1 aliphatic carbocycles. The van der Waals surface area contributed by atoms with Gasteiger partial charge in [0.15, 0.2) is 11.5 Å². The van der Waals surface area contributed by atoms with Gasteiger partial charge < -0.3 is 10.8 Å². The molecule has 1 fully saturated rings. The highest BCUT2D eigenvalue weighted by Crippen LogP contribution is 2.39. The van der Waals surface area contributed by atoms with Crippen LogP contribution in [0.25, 0.3) is 16.6 Å². The molecule has 4 rings (SSSR count). The number of alkyl halides is 3. The summed E-state index contributed by atoms with van der Waals surface area (Å²) in [6.45, 7) is 0. The zero-order valence-electron chi connectivity index (χ0n) is 14.6. The van der Waals surface area contributed by atoms with Crippen molar-refractivity contribution < 1.29 is 18.3 Å². The molecule has 2 heterocycles. The molecule has 0 radical (unpaired) electrons. The molecule has 27 heavy (non-hydrogen) atoms. The number of nitrogen functional groups attached to an aromatic ring is 1. The second-order valence-electron chi connectivity index (χ2n) is 7.23. The first kappa shape index (κ1) is 17.8. The van der Waals surface area contributed by atoms with E-state index in [4.69, 9.17) is 5.73 Å². The van der Waals surface area contributed by atoms with E-state index in [0.717, 1.165) is 19.3 Å². The van der Waals surface area contributed by atoms with Crippen LogP contribution < -0.4 is 5.73 Å². The third-order valence-electron chi connectivity index (χ3n) is 5.31. The summed E-state index contributed by atoms with van der Waals surface area (Å²) in [6.07, 6.45) is -1.56. The Morgan fingerprint density at radius 1 is 1.22 bits per heavy atom. The summed E-state index contributed by atoms with van der Waals surface area (Å²) in [6, 6.07) is 4.99. The lowest BCUT2D eigenvalue weighted by Gasteiger charge is -2.27. The van der Waals surface area contributed by atoms with Gasteiger partial charge in [0.2, 0.25) is 5.95 Å². The maximum atomic E-state index is 12.5. The number of aromatic nitrogens is 4. The summed E-state index contributed by atoms with van der Waals surface area (Å²) in [5, 5.41) is 15.1. The van der Waals surface area contributed by atoms with Gasteiger partial charge in [-0.2, -0.15) is 17.7 Å². The average molecular weight is 379 g/mol. The van der Waals surface area contributed by atoms with Crippen molar-refractivity contribution in [3.63, 3.8) is 0 Å². The van der Waals surface area contributed by atoms with Crippen molar-refractivity contribution in [3.8, 4) is 5.75 Å². The number of hydrogen-bond donors (Lipinski definition) is 2. The predicted molar refractivity (Wildman–Crippen MR) is 94.4 cm³/mol. The maximum absolute atomic E-state index is 12.5. The van der Waals surface area contributed by atoms with E-state index in [-0.39, 0.29) is 30.0 Å². The Morgan fingerprint density at radius 3 is 2.81 bits per heavy atom. The summed E-state index contributed by atoms with van der Waals surface area (Å²) in [5.41, 5.74) is 6.83. The average Bonchev–Trinajstić information content (AvgIpc) is 3.07. The number of para-hydroxylation sites is 1. The quantitative estimate of drug-likeness (QED) is 0.713. The van der Waals surface area contributed by atoms with Crippen LogP contribution in [0.4, 0.5) is 19.1 Å². The van der Waals surface area contributed by atoms with Gasteiger partial charge in [-0.15, -0.1) is 5.10 Å². The molecule has 0 aliphatic heterocycles. The number of fused-ring (bicyclic) bond motifs is 3. The van der Waals surface area contributed by atoms with Gasteiger partial charge in [0.05, 0.1) is 0 Å². The first-order valence-corrected chi connectivity index (χ1v) is 9.02. The molecule has 2 atom stereocenters. The van der Waals surface area contributed by atoms with Crippen LogP contribution in [0.15, 0.2) is 18.2 Å². The van der Waals surface area contributed by atoms with E-state index in [1.165, 1.54) is 10.6 Å². The van der Waals surface area contributed by atoms with Gasteiger partial charge in [-0.3, -0.25) is 0 Å². The van der Waals surface area contributed by atoms with Crippen LogP contribution >= 0.6 is 0 Å². The molecular weight excluding hydrogens is 359 g/mol. The van der Waals surface area contributed by atoms with Crippen molar-refractivity contribution in [2.24, 2.45) is 5.92 Å². The minimum atomic E-state index is -4.12. The fourth-order valence-corrected chi connectivity index (χ4v) is 3.98. The summed E-state index contributed by atoms with van der Waals surface area (Å²) in [7, 11) is 0. The first-order chi connectivity index (χ1) is 12.8. The van der Waals surface area contributed by atoms with E-state index in [2.05, 4.69) is 15.1 Å². The number of anilines is 1. The van der Waals surface area contributed by atoms with E-state index in [1.807, 2.05) is 0 Å². The number of aromatic hydroxyl groups is 1. The van der Waals surface area contributed by atoms with Crippen LogP contribution in [0.5, 0.6) is 5.75 Å². The second-order valence-corrected chi connectivity index (χ2v) is 7.23. The summed E-state index contributed by atoms with van der Waals surface area (Å²) >= 11 is 0. The smallest absolute Gasteiger partial charge is 0.389 e. The Kier molecular flexibility index (Phi) is 4.32. The zero-order valence-corrected chi connectivity index (χ0v) is 14.6. The second kappa shape index (κ2) is 6.54. The topological polar surface area (TPSA) is 89.3 Å². The normalized spacial score (nSPS) is 21.1. The Labute approximate surface area is 153 Å². The Bertz CT molecular complexity index is 984. The molecule has 144 valence electrons. The van der Waals surface area contributed by atoms with Crippen LogP contribution in [-0.4, -0.2) is 30.9 Å². The molecule has 2 aromatic heterocycles. The fourth-order valence-electron chi connectivity index (χ4n) is 3.98. The predicted octanol–water partition coefficient (Wildman–Crippen LogP) is 4.18. The number of hydrogen-bond acceptors (Lipinski definition) is 5. The number of phenols is 1. The maximum Gasteiger partial charge on any atom is 0.389 e. The molecule has 0 unspecified atom stereocenters. The van der Waals surface area contributed by atoms with E-state index in [0.29, 0.717) is 28.8 Å². The van der Waals surface area contributed by atoms with Gasteiger partial charge >= 0.3 is 6.18 Å². The van der Waals surface area contributed by atoms with Crippen LogP contribution in [-0.2, 0) is 0 Å². The number of benzene rings is 1. The molecule has 3 N–H and O–H groups in total. The summed E-state index contributed by atoms with van der Waals surface area (Å²) in [5.74, 6) is 0.728. The lowest BCUT2D eigenvalue weighted by molar-refractivity contribution is -0.138. The molecule has 0 saturated heterocycles. The highest BCUT2D eigenvalue weighted by molar-refractivity contribution is 5.95. The van der Waals surface area contributed by atoms with Crippen molar-refractivity contribution in [1.82, 2.24) is 19.6 Å². The fraction of sp³-hybridized carbons (Fsp3) is 0.500. The third kappa shape index (κ3) is 3.50. The van der Waals surface area contributed by atoms with Gasteiger partial charge in [-0.1, -0.05) is 18.9 Å². The van der Waals surface area contributed by atoms with Crippen molar-refractivity contribution in [1.29, 1.82) is 0 Å². The van der Waals surface area contributed by atoms with Gasteiger partial charge in [0.1, 0.15) is 11.3 Å². The van der Waals surface area contributed by atoms with Crippen molar-refractivity contribution >= 4 is 22.5 Å². The van der Waals surface area contributed by atoms with Gasteiger partial charge in [-0.05, 0) is 37.3 Å². The molecule has 3 aromatic rings. The van der Waals surface area contributed by atoms with Crippen LogP contribution in [0, 0.1) is 5.92 Å². The summed E-state index contributed by atoms with van der Waals surface area (Å²) < 4.78 is 39.0. The Morgan fingerprint density at radius 2 is 2.04 bits per heavy atom. The van der Waals surface area contributed by atoms with E-state index in [9.17, 15) is 18.3 Å². The van der Waals surface area contributed by atoms with Gasteiger partial charge in [-0.25, -0.2) is 9.97 Å². The molecule has 0 amide bonds. The van der Waals surface area contributed by atoms with E-state index >= 15 is 0 Å². The zero-order chi connectivity index (χ0) is 19.2. The minimum Gasteiger partial charge on any atom is -0.506 e. The molecule has 9 heteroatoms. The molecule has 6 nitrogen and oxygen atoms in total. The largest absolute Gasteiger partial charge is 0.506 e. The van der Waals surface area contributed by atoms with Crippen molar-refractivity contribution in [3.05, 3.63) is 24.0 Å². The number of halogens is 3. The summed E-state index contributed by atoms with van der Waals surface area (Å²) in [4.78, 5) is 8.80. The highest BCUT2D eigenvalue weighted by Gasteiger charge is 2.32. The first-order valence-electron chi connectivity index (χ1n) is 9.02. The molecule has 1 aromatic carbocycles. The standard InChI is InChI=1S/C18H20F3N5O/c19-18(20,21)8-7-10-3-1-4-11(9-10)15-24-16-12-5-2-6-13(27)14(12)23-17(22)26(16)25-15/h2,5-6,10-11,27H,1,3-4,7-9H2,(H2,22,23)/t10-,11+/m1/s1. The molecular formula is C18H20F3N5O. The molecule has 0 spiro atoms. The highest BCUT2D eigenvalue weighted by atomic mass is 19.4. The molecule has 1 aliphatic rings. The number of rotatable bonds is 3. The van der Waals surface area contributed by atoms with Crippen molar-refractivity contribution in [2.45, 2.75) is 50.6 Å². The minimum absolute atomic E-state index is 0.00337. The SMILES string of the molecule is Nc1nc2c(O)cccc2c2nc([C@H]3CCC[C@H](CCC(F)(F)F)C3)nn12. The molecule has 0 bridgehead atoms. The van der Waals surface area contributed by atoms with Crippen LogP contribution in [0.1, 0.15) is 50.3 Å².